The molecule has 2 atom stereocenters. The number of nitriles is 3. The van der Waals surface area contributed by atoms with Crippen LogP contribution < -0.4 is 17.2 Å². The van der Waals surface area contributed by atoms with Crippen molar-refractivity contribution in [1.82, 2.24) is 0 Å². The van der Waals surface area contributed by atoms with Crippen LogP contribution in [0.25, 0.3) is 11.3 Å². The summed E-state index contributed by atoms with van der Waals surface area (Å²) in [7, 11) is 0. The van der Waals surface area contributed by atoms with E-state index in [1.54, 1.807) is 0 Å². The monoisotopic (exact) mass is 644 g/mol. The lowest BCUT2D eigenvalue weighted by molar-refractivity contribution is 0.210. The SMILES string of the molecule is N#C/C(=C1\C(=C(N)c2c(F)c(F)c(C#N)c(F)c2F)\C1=C(\N)C1=C(F)C(F)=C(N)C(F)C1F)c1c(F)c(F)c(C#N)c(F)c1F. The Hall–Kier alpha value is -5.83. The van der Waals surface area contributed by atoms with Gasteiger partial charge in [-0.05, 0) is 0 Å². The Bertz CT molecular complexity index is 1990. The molecule has 6 N–H and O–H groups in total. The van der Waals surface area contributed by atoms with Gasteiger partial charge in [0.15, 0.2) is 70.5 Å². The third-order valence-corrected chi connectivity index (χ3v) is 6.66. The summed E-state index contributed by atoms with van der Waals surface area (Å²) in [5.74, 6) is -23.5. The highest BCUT2D eigenvalue weighted by molar-refractivity contribution is 6.04. The van der Waals surface area contributed by atoms with Gasteiger partial charge in [-0.25, -0.2) is 52.7 Å². The van der Waals surface area contributed by atoms with Crippen LogP contribution in [0.5, 0.6) is 0 Å². The molecule has 0 bridgehead atoms. The third-order valence-electron chi connectivity index (χ3n) is 6.66. The summed E-state index contributed by atoms with van der Waals surface area (Å²) in [5, 5.41) is 27.3. The van der Waals surface area contributed by atoms with Crippen LogP contribution in [0.2, 0.25) is 0 Å². The summed E-state index contributed by atoms with van der Waals surface area (Å²) in [6.45, 7) is 0. The van der Waals surface area contributed by atoms with Crippen LogP contribution in [0.3, 0.4) is 0 Å². The molecule has 2 aliphatic rings. The number of nitrogens with zero attached hydrogens (tertiary/aromatic N) is 3. The summed E-state index contributed by atoms with van der Waals surface area (Å²) >= 11 is 0. The zero-order valence-electron chi connectivity index (χ0n) is 21.3. The number of allylic oxidation sites excluding steroid dienone is 8. The lowest BCUT2D eigenvalue weighted by atomic mass is 9.94. The molecule has 4 rings (SSSR count). The van der Waals surface area contributed by atoms with Crippen molar-refractivity contribution in [3.63, 3.8) is 0 Å². The van der Waals surface area contributed by atoms with Crippen LogP contribution in [0.1, 0.15) is 22.3 Å². The van der Waals surface area contributed by atoms with Gasteiger partial charge in [-0.1, -0.05) is 0 Å². The highest BCUT2D eigenvalue weighted by Crippen LogP contribution is 2.56. The number of hydrogen-bond acceptors (Lipinski definition) is 6. The second kappa shape index (κ2) is 11.0. The minimum atomic E-state index is -3.26. The van der Waals surface area contributed by atoms with Gasteiger partial charge in [-0.15, -0.1) is 0 Å². The Labute approximate surface area is 242 Å². The first-order valence-corrected chi connectivity index (χ1v) is 11.5. The van der Waals surface area contributed by atoms with Crippen LogP contribution >= 0.6 is 0 Å². The van der Waals surface area contributed by atoms with E-state index < -0.39 is 138 Å². The van der Waals surface area contributed by atoms with Crippen molar-refractivity contribution >= 4 is 11.3 Å². The molecular formula is C27H8F12N6. The number of rotatable bonds is 3. The Morgan fingerprint density at radius 2 is 0.933 bits per heavy atom. The van der Waals surface area contributed by atoms with E-state index >= 15 is 0 Å². The van der Waals surface area contributed by atoms with Crippen molar-refractivity contribution < 1.29 is 52.7 Å². The van der Waals surface area contributed by atoms with Crippen molar-refractivity contribution in [1.29, 1.82) is 15.8 Å². The normalized spacial score (nSPS) is 21.3. The third kappa shape index (κ3) is 4.43. The van der Waals surface area contributed by atoms with Gasteiger partial charge in [-0.3, -0.25) is 0 Å². The Kier molecular flexibility index (Phi) is 7.86. The fourth-order valence-corrected chi connectivity index (χ4v) is 4.45. The number of alkyl halides is 2. The van der Waals surface area contributed by atoms with E-state index in [9.17, 15) is 57.9 Å². The summed E-state index contributed by atoms with van der Waals surface area (Å²) in [6.07, 6.45) is -6.39. The molecule has 2 aromatic carbocycles. The maximum Gasteiger partial charge on any atom is 0.181 e. The molecule has 18 heteroatoms. The zero-order chi connectivity index (χ0) is 34.0. The molecule has 2 aliphatic carbocycles. The van der Waals surface area contributed by atoms with E-state index in [4.69, 9.17) is 27.7 Å². The minimum absolute atomic E-state index is 0.807. The van der Waals surface area contributed by atoms with Crippen LogP contribution in [0, 0.1) is 80.5 Å². The van der Waals surface area contributed by atoms with Gasteiger partial charge in [0.2, 0.25) is 0 Å². The average Bonchev–Trinajstić information content (AvgIpc) is 3.75. The van der Waals surface area contributed by atoms with E-state index in [-0.39, 0.29) is 0 Å². The lowest BCUT2D eigenvalue weighted by Crippen LogP contribution is -2.33. The molecular weight excluding hydrogens is 636 g/mol. The van der Waals surface area contributed by atoms with Crippen molar-refractivity contribution in [2.45, 2.75) is 12.3 Å². The molecule has 230 valence electrons. The molecule has 0 radical (unpaired) electrons. The van der Waals surface area contributed by atoms with Crippen molar-refractivity contribution in [2.75, 3.05) is 0 Å². The standard InChI is InChI=1S/C27H8F12N6/c28-13-5(2-41)14(29)18(33)8(17(13)32)4(1-40)7-9(25(43)11-19(34)15(30)6(3-42)16(31)20(11)35)10(7)26(44)12-21(36)23(38)27(45)24(39)22(12)37/h21,23H,43-45H2/b7-4-,25-9?,26-10+. The lowest BCUT2D eigenvalue weighted by Gasteiger charge is -2.23. The van der Waals surface area contributed by atoms with Crippen molar-refractivity contribution in [2.24, 2.45) is 17.2 Å². The largest absolute Gasteiger partial charge is 0.398 e. The van der Waals surface area contributed by atoms with Gasteiger partial charge in [0.25, 0.3) is 0 Å². The molecule has 0 heterocycles. The highest BCUT2D eigenvalue weighted by atomic mass is 19.2. The summed E-state index contributed by atoms with van der Waals surface area (Å²) in [6, 6.07) is 2.66. The number of benzene rings is 2. The highest BCUT2D eigenvalue weighted by Gasteiger charge is 2.47. The van der Waals surface area contributed by atoms with Crippen LogP contribution in [-0.4, -0.2) is 12.3 Å². The smallest absolute Gasteiger partial charge is 0.181 e. The van der Waals surface area contributed by atoms with Gasteiger partial charge in [0.05, 0.1) is 33.7 Å². The summed E-state index contributed by atoms with van der Waals surface area (Å²) in [5.41, 5.74) is -2.69. The first-order chi connectivity index (χ1) is 21.0. The van der Waals surface area contributed by atoms with E-state index in [1.165, 1.54) is 0 Å². The molecule has 2 unspecified atom stereocenters. The van der Waals surface area contributed by atoms with Crippen molar-refractivity contribution in [3.05, 3.63) is 114 Å². The van der Waals surface area contributed by atoms with Crippen LogP contribution in [0.15, 0.2) is 45.3 Å². The average molecular weight is 644 g/mol. The van der Waals surface area contributed by atoms with Gasteiger partial charge in [0, 0.05) is 22.4 Å². The van der Waals surface area contributed by atoms with E-state index in [1.807, 2.05) is 0 Å². The molecule has 45 heavy (non-hydrogen) atoms. The molecule has 1 saturated carbocycles. The Morgan fingerprint density at radius 1 is 0.533 bits per heavy atom. The predicted octanol–water partition coefficient (Wildman–Crippen LogP) is 5.47. The van der Waals surface area contributed by atoms with E-state index in [0.717, 1.165) is 18.2 Å². The molecule has 1 fully saturated rings. The van der Waals surface area contributed by atoms with Gasteiger partial charge < -0.3 is 17.2 Å². The molecule has 0 amide bonds. The molecule has 0 aliphatic heterocycles. The second-order valence-electron chi connectivity index (χ2n) is 8.98. The second-order valence-corrected chi connectivity index (χ2v) is 8.98. The van der Waals surface area contributed by atoms with Gasteiger partial charge in [-0.2, -0.15) is 15.8 Å². The first kappa shape index (κ1) is 32.1. The fourth-order valence-electron chi connectivity index (χ4n) is 4.45. The van der Waals surface area contributed by atoms with Crippen LogP contribution in [-0.2, 0) is 0 Å². The topological polar surface area (TPSA) is 149 Å². The zero-order valence-corrected chi connectivity index (χ0v) is 21.3. The van der Waals surface area contributed by atoms with E-state index in [2.05, 4.69) is 0 Å². The fraction of sp³-hybridized carbons (Fsp3) is 0.0741. The maximum absolute atomic E-state index is 14.9. The minimum Gasteiger partial charge on any atom is -0.398 e. The molecule has 0 aromatic heterocycles. The maximum atomic E-state index is 14.9. The predicted molar refractivity (Wildman–Crippen MR) is 127 cm³/mol. The quantitative estimate of drug-likeness (QED) is 0.229. The van der Waals surface area contributed by atoms with Gasteiger partial charge in [0.1, 0.15) is 29.3 Å². The summed E-state index contributed by atoms with van der Waals surface area (Å²) < 4.78 is 175. The number of hydrogen-bond donors (Lipinski definition) is 3. The number of nitrogens with two attached hydrogens (primary N) is 3. The van der Waals surface area contributed by atoms with E-state index in [0.29, 0.717) is 0 Å². The molecule has 6 nitrogen and oxygen atoms in total. The first-order valence-electron chi connectivity index (χ1n) is 11.5. The van der Waals surface area contributed by atoms with Gasteiger partial charge >= 0.3 is 0 Å². The number of halogens is 12. The van der Waals surface area contributed by atoms with Crippen molar-refractivity contribution in [3.8, 4) is 18.2 Å². The van der Waals surface area contributed by atoms with Crippen LogP contribution in [0.4, 0.5) is 52.7 Å². The summed E-state index contributed by atoms with van der Waals surface area (Å²) in [4.78, 5) is 0. The molecule has 0 saturated heterocycles. The Balaban J connectivity index is 2.24. The molecule has 0 spiro atoms. The Morgan fingerprint density at radius 3 is 1.33 bits per heavy atom. The molecule has 2 aromatic rings.